The Labute approximate surface area is 127 Å². The van der Waals surface area contributed by atoms with E-state index < -0.39 is 5.56 Å². The molecule has 1 N–H and O–H groups in total. The van der Waals surface area contributed by atoms with E-state index in [1.54, 1.807) is 7.11 Å². The van der Waals surface area contributed by atoms with Crippen molar-refractivity contribution in [2.75, 3.05) is 13.4 Å². The van der Waals surface area contributed by atoms with Crippen LogP contribution in [0, 0.1) is 25.2 Å². The van der Waals surface area contributed by atoms with E-state index in [9.17, 15) is 10.1 Å². The number of aromatic amines is 1. The van der Waals surface area contributed by atoms with Crippen LogP contribution in [0.1, 0.15) is 16.7 Å². The molecule has 0 atom stereocenters. The summed E-state index contributed by atoms with van der Waals surface area (Å²) < 4.78 is 5.43. The third-order valence-corrected chi connectivity index (χ3v) is 3.66. The molecular weight excluding hydrogens is 286 g/mol. The van der Waals surface area contributed by atoms with Crippen molar-refractivity contribution in [3.63, 3.8) is 0 Å². The van der Waals surface area contributed by atoms with Gasteiger partial charge >= 0.3 is 0 Å². The highest BCUT2D eigenvalue weighted by Crippen LogP contribution is 2.34. The van der Waals surface area contributed by atoms with Crippen LogP contribution in [0.4, 0.5) is 0 Å². The van der Waals surface area contributed by atoms with E-state index in [2.05, 4.69) is 9.97 Å². The molecule has 0 saturated carbocycles. The minimum Gasteiger partial charge on any atom is -0.496 e. The first-order chi connectivity index (χ1) is 10.0. The van der Waals surface area contributed by atoms with Crippen LogP contribution in [0.5, 0.6) is 5.75 Å². The van der Waals surface area contributed by atoms with Gasteiger partial charge in [0.2, 0.25) is 0 Å². The molecule has 0 aliphatic heterocycles. The van der Waals surface area contributed by atoms with Gasteiger partial charge in [-0.25, -0.2) is 4.98 Å². The van der Waals surface area contributed by atoms with E-state index in [0.717, 1.165) is 11.1 Å². The van der Waals surface area contributed by atoms with E-state index in [0.29, 0.717) is 22.2 Å². The molecule has 0 aliphatic rings. The Balaban J connectivity index is 2.87. The normalized spacial score (nSPS) is 10.2. The molecular formula is C15H15N3O2S. The number of benzene rings is 1. The summed E-state index contributed by atoms with van der Waals surface area (Å²) in [5.74, 6) is 0.627. The van der Waals surface area contributed by atoms with Gasteiger partial charge in [-0.15, -0.1) is 0 Å². The van der Waals surface area contributed by atoms with Crippen LogP contribution < -0.4 is 10.3 Å². The fourth-order valence-corrected chi connectivity index (χ4v) is 2.63. The Morgan fingerprint density at radius 3 is 2.67 bits per heavy atom. The van der Waals surface area contributed by atoms with Crippen molar-refractivity contribution in [3.05, 3.63) is 39.2 Å². The van der Waals surface area contributed by atoms with Gasteiger partial charge in [-0.3, -0.25) is 4.79 Å². The highest BCUT2D eigenvalue weighted by molar-refractivity contribution is 7.98. The van der Waals surface area contributed by atoms with Crippen LogP contribution in [0.3, 0.4) is 0 Å². The van der Waals surface area contributed by atoms with E-state index in [4.69, 9.17) is 4.74 Å². The third kappa shape index (κ3) is 2.78. The maximum Gasteiger partial charge on any atom is 0.270 e. The molecule has 0 spiro atoms. The molecule has 1 aromatic carbocycles. The maximum absolute atomic E-state index is 12.0. The first-order valence-corrected chi connectivity index (χ1v) is 7.48. The summed E-state index contributed by atoms with van der Waals surface area (Å²) in [5, 5.41) is 9.74. The van der Waals surface area contributed by atoms with Crippen LogP contribution in [-0.2, 0) is 0 Å². The van der Waals surface area contributed by atoms with Crippen LogP contribution in [0.25, 0.3) is 11.3 Å². The zero-order valence-corrected chi connectivity index (χ0v) is 13.1. The number of hydrogen-bond donors (Lipinski definition) is 1. The predicted molar refractivity (Wildman–Crippen MR) is 82.8 cm³/mol. The van der Waals surface area contributed by atoms with E-state index >= 15 is 0 Å². The summed E-state index contributed by atoms with van der Waals surface area (Å²) in [6, 6.07) is 5.79. The Bertz CT molecular complexity index is 791. The summed E-state index contributed by atoms with van der Waals surface area (Å²) in [6.07, 6.45) is 1.81. The number of aromatic nitrogens is 2. The van der Waals surface area contributed by atoms with Crippen molar-refractivity contribution in [2.45, 2.75) is 19.0 Å². The number of nitriles is 1. The minimum absolute atomic E-state index is 0.00361. The Hall–Kier alpha value is -2.26. The van der Waals surface area contributed by atoms with E-state index in [1.165, 1.54) is 11.8 Å². The van der Waals surface area contributed by atoms with Crippen LogP contribution in [0.15, 0.2) is 22.1 Å². The average Bonchev–Trinajstić information content (AvgIpc) is 2.45. The van der Waals surface area contributed by atoms with Crippen molar-refractivity contribution in [1.82, 2.24) is 9.97 Å². The Kier molecular flexibility index (Phi) is 4.34. The molecule has 1 heterocycles. The van der Waals surface area contributed by atoms with Gasteiger partial charge in [0.25, 0.3) is 5.56 Å². The zero-order valence-electron chi connectivity index (χ0n) is 12.3. The lowest BCUT2D eigenvalue weighted by Gasteiger charge is -2.13. The highest BCUT2D eigenvalue weighted by atomic mass is 32.2. The van der Waals surface area contributed by atoms with Gasteiger partial charge in [-0.1, -0.05) is 17.8 Å². The van der Waals surface area contributed by atoms with Gasteiger partial charge in [-0.2, -0.15) is 5.26 Å². The van der Waals surface area contributed by atoms with Gasteiger partial charge in [0.1, 0.15) is 23.1 Å². The topological polar surface area (TPSA) is 78.8 Å². The molecule has 6 heteroatoms. The molecule has 1 aromatic heterocycles. The second-order valence-electron chi connectivity index (χ2n) is 4.57. The third-order valence-electron chi connectivity index (χ3n) is 3.08. The lowest BCUT2D eigenvalue weighted by Crippen LogP contribution is -2.15. The lowest BCUT2D eigenvalue weighted by atomic mass is 10.0. The van der Waals surface area contributed by atoms with Crippen molar-refractivity contribution >= 4 is 11.8 Å². The minimum atomic E-state index is -0.437. The summed E-state index contributed by atoms with van der Waals surface area (Å²) >= 11 is 1.32. The standard InChI is InChI=1S/C15H15N3O2S/c1-8-5-9(2)13(20-3)10(6-8)12-11(7-16)14(19)18-15(17-12)21-4/h5-6H,1-4H3,(H,17,18,19). The number of thioether (sulfide) groups is 1. The highest BCUT2D eigenvalue weighted by Gasteiger charge is 2.18. The van der Waals surface area contributed by atoms with Crippen LogP contribution in [0.2, 0.25) is 0 Å². The monoisotopic (exact) mass is 301 g/mol. The van der Waals surface area contributed by atoms with Crippen molar-refractivity contribution in [3.8, 4) is 23.1 Å². The molecule has 0 bridgehead atoms. The number of methoxy groups -OCH3 is 1. The Morgan fingerprint density at radius 1 is 1.38 bits per heavy atom. The summed E-state index contributed by atoms with van der Waals surface area (Å²) in [7, 11) is 1.57. The number of aryl methyl sites for hydroxylation is 2. The van der Waals surface area contributed by atoms with Gasteiger partial charge in [-0.05, 0) is 37.3 Å². The molecule has 0 saturated heterocycles. The molecule has 5 nitrogen and oxygen atoms in total. The van der Waals surface area contributed by atoms with Gasteiger partial charge in [0, 0.05) is 5.56 Å². The van der Waals surface area contributed by atoms with Crippen LogP contribution >= 0.6 is 11.8 Å². The van der Waals surface area contributed by atoms with Gasteiger partial charge < -0.3 is 9.72 Å². The maximum atomic E-state index is 12.0. The number of rotatable bonds is 3. The fourth-order valence-electron chi connectivity index (χ4n) is 2.25. The Morgan fingerprint density at radius 2 is 2.10 bits per heavy atom. The van der Waals surface area contributed by atoms with Crippen LogP contribution in [-0.4, -0.2) is 23.3 Å². The van der Waals surface area contributed by atoms with Crippen molar-refractivity contribution in [2.24, 2.45) is 0 Å². The van der Waals surface area contributed by atoms with Gasteiger partial charge in [0.05, 0.1) is 7.11 Å². The summed E-state index contributed by atoms with van der Waals surface area (Å²) in [4.78, 5) is 19.0. The predicted octanol–water partition coefficient (Wildman–Crippen LogP) is 2.66. The largest absolute Gasteiger partial charge is 0.496 e. The number of nitrogens with zero attached hydrogens (tertiary/aromatic N) is 2. The first kappa shape index (κ1) is 15.1. The number of ether oxygens (including phenoxy) is 1. The lowest BCUT2D eigenvalue weighted by molar-refractivity contribution is 0.413. The molecule has 0 amide bonds. The second-order valence-corrected chi connectivity index (χ2v) is 5.37. The molecule has 0 radical (unpaired) electrons. The first-order valence-electron chi connectivity index (χ1n) is 6.25. The van der Waals surface area contributed by atoms with Crippen molar-refractivity contribution in [1.29, 1.82) is 5.26 Å². The molecule has 2 rings (SSSR count). The molecule has 21 heavy (non-hydrogen) atoms. The fraction of sp³-hybridized carbons (Fsp3) is 0.267. The quantitative estimate of drug-likeness (QED) is 0.696. The number of nitrogens with one attached hydrogen (secondary N) is 1. The zero-order chi connectivity index (χ0) is 15.6. The smallest absolute Gasteiger partial charge is 0.270 e. The molecule has 0 aliphatic carbocycles. The molecule has 108 valence electrons. The molecule has 0 unspecified atom stereocenters. The SMILES string of the molecule is COc1c(C)cc(C)cc1-c1nc(SC)[nH]c(=O)c1C#N. The summed E-state index contributed by atoms with van der Waals surface area (Å²) in [5.41, 5.74) is 2.52. The number of hydrogen-bond acceptors (Lipinski definition) is 5. The molecule has 2 aromatic rings. The van der Waals surface area contributed by atoms with E-state index in [1.807, 2.05) is 38.3 Å². The summed E-state index contributed by atoms with van der Waals surface area (Å²) in [6.45, 7) is 3.87. The van der Waals surface area contributed by atoms with E-state index in [-0.39, 0.29) is 5.56 Å². The number of H-pyrrole nitrogens is 1. The van der Waals surface area contributed by atoms with Crippen molar-refractivity contribution < 1.29 is 4.74 Å². The second kappa shape index (κ2) is 6.02. The molecule has 0 fully saturated rings. The van der Waals surface area contributed by atoms with Gasteiger partial charge in [0.15, 0.2) is 5.16 Å². The average molecular weight is 301 g/mol.